The van der Waals surface area contributed by atoms with Crippen molar-refractivity contribution in [3.05, 3.63) is 0 Å². The number of ether oxygens (including phenoxy) is 1. The highest BCUT2D eigenvalue weighted by atomic mass is 16.5. The van der Waals surface area contributed by atoms with Crippen LogP contribution in [-0.4, -0.2) is 36.6 Å². The highest BCUT2D eigenvalue weighted by Gasteiger charge is 2.20. The van der Waals surface area contributed by atoms with Gasteiger partial charge >= 0.3 is 0 Å². The van der Waals surface area contributed by atoms with E-state index in [-0.39, 0.29) is 6.10 Å². The molecule has 0 spiro atoms. The number of morpholine rings is 1. The maximum atomic E-state index is 11.9. The molecule has 3 heteroatoms. The molecule has 0 aromatic rings. The Labute approximate surface area is 106 Å². The normalized spacial score (nSPS) is 20.6. The second-order valence-electron chi connectivity index (χ2n) is 5.04. The predicted octanol–water partition coefficient (Wildman–Crippen LogP) is 2.98. The van der Waals surface area contributed by atoms with Crippen LogP contribution in [0.1, 0.15) is 58.8 Å². The SMILES string of the molecule is CCCCCCCCC(=O)N1CCO[C@@H](C)C1. The average molecular weight is 241 g/mol. The van der Waals surface area contributed by atoms with Gasteiger partial charge in [-0.2, -0.15) is 0 Å². The van der Waals surface area contributed by atoms with Crippen molar-refractivity contribution >= 4 is 5.91 Å². The largest absolute Gasteiger partial charge is 0.375 e. The van der Waals surface area contributed by atoms with Crippen LogP contribution in [0.3, 0.4) is 0 Å². The molecular formula is C14H27NO2. The molecule has 100 valence electrons. The maximum Gasteiger partial charge on any atom is 0.222 e. The van der Waals surface area contributed by atoms with Crippen LogP contribution in [0.25, 0.3) is 0 Å². The molecule has 1 rings (SSSR count). The van der Waals surface area contributed by atoms with Crippen LogP contribution in [0, 0.1) is 0 Å². The van der Waals surface area contributed by atoms with E-state index in [1.54, 1.807) is 0 Å². The lowest BCUT2D eigenvalue weighted by Gasteiger charge is -2.31. The molecule has 1 fully saturated rings. The van der Waals surface area contributed by atoms with Crippen LogP contribution in [0.5, 0.6) is 0 Å². The van der Waals surface area contributed by atoms with Crippen LogP contribution in [0.4, 0.5) is 0 Å². The number of unbranched alkanes of at least 4 members (excludes halogenated alkanes) is 5. The Morgan fingerprint density at radius 3 is 2.65 bits per heavy atom. The topological polar surface area (TPSA) is 29.5 Å². The van der Waals surface area contributed by atoms with E-state index in [1.807, 2.05) is 11.8 Å². The Morgan fingerprint density at radius 1 is 1.24 bits per heavy atom. The first kappa shape index (κ1) is 14.5. The van der Waals surface area contributed by atoms with Gasteiger partial charge in [-0.05, 0) is 13.3 Å². The van der Waals surface area contributed by atoms with E-state index in [0.29, 0.717) is 12.5 Å². The first-order valence-electron chi connectivity index (χ1n) is 7.13. The molecule has 3 nitrogen and oxygen atoms in total. The van der Waals surface area contributed by atoms with Gasteiger partial charge < -0.3 is 9.64 Å². The third-order valence-electron chi connectivity index (χ3n) is 3.34. The van der Waals surface area contributed by atoms with Gasteiger partial charge in [0.1, 0.15) is 0 Å². The van der Waals surface area contributed by atoms with Gasteiger partial charge in [0.2, 0.25) is 5.91 Å². The lowest BCUT2D eigenvalue weighted by molar-refractivity contribution is -0.138. The van der Waals surface area contributed by atoms with E-state index in [2.05, 4.69) is 6.92 Å². The molecule has 0 aromatic heterocycles. The van der Waals surface area contributed by atoms with Gasteiger partial charge in [-0.3, -0.25) is 4.79 Å². The molecule has 0 N–H and O–H groups in total. The highest BCUT2D eigenvalue weighted by Crippen LogP contribution is 2.10. The van der Waals surface area contributed by atoms with Gasteiger partial charge in [0.15, 0.2) is 0 Å². The van der Waals surface area contributed by atoms with Crippen molar-refractivity contribution in [1.29, 1.82) is 0 Å². The van der Waals surface area contributed by atoms with Crippen LogP contribution in [0.2, 0.25) is 0 Å². The molecule has 1 aliphatic heterocycles. The Kier molecular flexibility index (Phi) is 7.25. The van der Waals surface area contributed by atoms with Crippen molar-refractivity contribution in [2.24, 2.45) is 0 Å². The van der Waals surface area contributed by atoms with Crippen molar-refractivity contribution in [2.45, 2.75) is 64.9 Å². The molecule has 1 heterocycles. The number of amides is 1. The van der Waals surface area contributed by atoms with E-state index in [4.69, 9.17) is 4.74 Å². The van der Waals surface area contributed by atoms with E-state index >= 15 is 0 Å². The molecule has 1 atom stereocenters. The molecule has 0 bridgehead atoms. The van der Waals surface area contributed by atoms with E-state index in [1.165, 1.54) is 32.1 Å². The minimum absolute atomic E-state index is 0.206. The summed E-state index contributed by atoms with van der Waals surface area (Å²) >= 11 is 0. The minimum atomic E-state index is 0.206. The lowest BCUT2D eigenvalue weighted by atomic mass is 10.1. The fourth-order valence-corrected chi connectivity index (χ4v) is 2.26. The third-order valence-corrected chi connectivity index (χ3v) is 3.34. The predicted molar refractivity (Wildman–Crippen MR) is 70.0 cm³/mol. The van der Waals surface area contributed by atoms with Crippen molar-refractivity contribution < 1.29 is 9.53 Å². The van der Waals surface area contributed by atoms with Gasteiger partial charge in [0.05, 0.1) is 12.7 Å². The van der Waals surface area contributed by atoms with Crippen molar-refractivity contribution in [3.63, 3.8) is 0 Å². The Hall–Kier alpha value is -0.570. The number of hydrogen-bond donors (Lipinski definition) is 0. The third kappa shape index (κ3) is 6.06. The molecule has 17 heavy (non-hydrogen) atoms. The lowest BCUT2D eigenvalue weighted by Crippen LogP contribution is -2.44. The van der Waals surface area contributed by atoms with Gasteiger partial charge in [0, 0.05) is 19.5 Å². The molecule has 1 aliphatic rings. The van der Waals surface area contributed by atoms with E-state index < -0.39 is 0 Å². The van der Waals surface area contributed by atoms with Crippen LogP contribution in [0.15, 0.2) is 0 Å². The van der Waals surface area contributed by atoms with Gasteiger partial charge in [-0.1, -0.05) is 39.0 Å². The maximum absolute atomic E-state index is 11.9. The molecule has 0 saturated carbocycles. The standard InChI is InChI=1S/C14H27NO2/c1-3-4-5-6-7-8-9-14(16)15-10-11-17-13(2)12-15/h13H,3-12H2,1-2H3/t13-/m0/s1. The second-order valence-corrected chi connectivity index (χ2v) is 5.04. The fourth-order valence-electron chi connectivity index (χ4n) is 2.26. The second kappa shape index (κ2) is 8.51. The van der Waals surface area contributed by atoms with Gasteiger partial charge in [-0.15, -0.1) is 0 Å². The number of hydrogen-bond acceptors (Lipinski definition) is 2. The average Bonchev–Trinajstić information content (AvgIpc) is 2.33. The Balaban J connectivity index is 2.04. The zero-order valence-corrected chi connectivity index (χ0v) is 11.4. The van der Waals surface area contributed by atoms with Crippen LogP contribution in [-0.2, 0) is 9.53 Å². The molecule has 1 saturated heterocycles. The Bertz CT molecular complexity index is 218. The quantitative estimate of drug-likeness (QED) is 0.641. The monoisotopic (exact) mass is 241 g/mol. The van der Waals surface area contributed by atoms with Gasteiger partial charge in [0.25, 0.3) is 0 Å². The summed E-state index contributed by atoms with van der Waals surface area (Å²) in [6, 6.07) is 0. The van der Waals surface area contributed by atoms with E-state index in [0.717, 1.165) is 25.9 Å². The summed E-state index contributed by atoms with van der Waals surface area (Å²) < 4.78 is 5.43. The summed E-state index contributed by atoms with van der Waals surface area (Å²) in [6.07, 6.45) is 8.38. The Morgan fingerprint density at radius 2 is 1.94 bits per heavy atom. The van der Waals surface area contributed by atoms with Crippen molar-refractivity contribution in [3.8, 4) is 0 Å². The zero-order valence-electron chi connectivity index (χ0n) is 11.4. The van der Waals surface area contributed by atoms with Crippen LogP contribution >= 0.6 is 0 Å². The molecule has 0 unspecified atom stereocenters. The number of carbonyl (C=O) groups excluding carboxylic acids is 1. The highest BCUT2D eigenvalue weighted by molar-refractivity contribution is 5.76. The van der Waals surface area contributed by atoms with Gasteiger partial charge in [-0.25, -0.2) is 0 Å². The number of rotatable bonds is 7. The van der Waals surface area contributed by atoms with Crippen molar-refractivity contribution in [2.75, 3.05) is 19.7 Å². The molecule has 1 amide bonds. The molecule has 0 aliphatic carbocycles. The summed E-state index contributed by atoms with van der Waals surface area (Å²) in [6.45, 7) is 6.50. The van der Waals surface area contributed by atoms with Crippen LogP contribution < -0.4 is 0 Å². The zero-order chi connectivity index (χ0) is 12.5. The molecule has 0 radical (unpaired) electrons. The first-order chi connectivity index (χ1) is 8.24. The van der Waals surface area contributed by atoms with Crippen molar-refractivity contribution in [1.82, 2.24) is 4.90 Å². The molecule has 0 aromatic carbocycles. The summed E-state index contributed by atoms with van der Waals surface area (Å²) in [4.78, 5) is 13.9. The summed E-state index contributed by atoms with van der Waals surface area (Å²) in [5.74, 6) is 0.315. The molecular weight excluding hydrogens is 214 g/mol. The number of nitrogens with zero attached hydrogens (tertiary/aromatic N) is 1. The minimum Gasteiger partial charge on any atom is -0.375 e. The first-order valence-corrected chi connectivity index (χ1v) is 7.13. The number of carbonyl (C=O) groups is 1. The summed E-state index contributed by atoms with van der Waals surface area (Å²) in [7, 11) is 0. The van der Waals surface area contributed by atoms with E-state index in [9.17, 15) is 4.79 Å². The fraction of sp³-hybridized carbons (Fsp3) is 0.929. The summed E-state index contributed by atoms with van der Waals surface area (Å²) in [5, 5.41) is 0. The summed E-state index contributed by atoms with van der Waals surface area (Å²) in [5.41, 5.74) is 0. The smallest absolute Gasteiger partial charge is 0.222 e.